The van der Waals surface area contributed by atoms with Crippen LogP contribution in [0, 0.1) is 11.8 Å². The highest BCUT2D eigenvalue weighted by Gasteiger charge is 2.36. The van der Waals surface area contributed by atoms with Gasteiger partial charge in [0.25, 0.3) is 0 Å². The molecule has 98 valence electrons. The molecule has 2 atom stereocenters. The molecule has 1 saturated carbocycles. The summed E-state index contributed by atoms with van der Waals surface area (Å²) < 4.78 is 10.2. The van der Waals surface area contributed by atoms with Crippen LogP contribution < -0.4 is 0 Å². The molecule has 17 heavy (non-hydrogen) atoms. The lowest BCUT2D eigenvalue weighted by atomic mass is 9.82. The van der Waals surface area contributed by atoms with E-state index in [4.69, 9.17) is 9.47 Å². The third-order valence-electron chi connectivity index (χ3n) is 3.99. The van der Waals surface area contributed by atoms with E-state index in [1.807, 2.05) is 4.90 Å². The van der Waals surface area contributed by atoms with Crippen LogP contribution in [0.2, 0.25) is 0 Å². The number of nitrogens with zero attached hydrogens (tertiary/aromatic N) is 1. The summed E-state index contributed by atoms with van der Waals surface area (Å²) in [6.45, 7) is 3.18. The highest BCUT2D eigenvalue weighted by atomic mass is 16.5. The van der Waals surface area contributed by atoms with Gasteiger partial charge >= 0.3 is 0 Å². The molecule has 0 aromatic rings. The molecule has 0 aromatic carbocycles. The molecule has 0 bridgehead atoms. The lowest BCUT2D eigenvalue weighted by Gasteiger charge is -2.22. The smallest absolute Gasteiger partial charge is 0.248 e. The van der Waals surface area contributed by atoms with Crippen LogP contribution in [0.15, 0.2) is 0 Å². The normalized spacial score (nSPS) is 28.2. The second kappa shape index (κ2) is 6.36. The van der Waals surface area contributed by atoms with Crippen LogP contribution in [0.4, 0.5) is 0 Å². The van der Waals surface area contributed by atoms with Crippen LogP contribution in [0.25, 0.3) is 0 Å². The second-order valence-electron chi connectivity index (χ2n) is 5.15. The van der Waals surface area contributed by atoms with E-state index in [9.17, 15) is 4.79 Å². The van der Waals surface area contributed by atoms with Gasteiger partial charge in [-0.3, -0.25) is 4.79 Å². The van der Waals surface area contributed by atoms with Gasteiger partial charge in [0.2, 0.25) is 5.91 Å². The number of fused-ring (bicyclic) bond motifs is 1. The van der Waals surface area contributed by atoms with E-state index in [0.717, 1.165) is 24.9 Å². The Morgan fingerprint density at radius 2 is 1.82 bits per heavy atom. The third-order valence-corrected chi connectivity index (χ3v) is 3.99. The summed E-state index contributed by atoms with van der Waals surface area (Å²) in [5.74, 6) is 1.66. The van der Waals surface area contributed by atoms with Crippen LogP contribution in [-0.2, 0) is 14.3 Å². The molecule has 0 N–H and O–H groups in total. The molecule has 2 fully saturated rings. The van der Waals surface area contributed by atoms with Gasteiger partial charge in [0.1, 0.15) is 6.61 Å². The van der Waals surface area contributed by atoms with E-state index >= 15 is 0 Å². The number of hydrogen-bond donors (Lipinski definition) is 0. The number of ether oxygens (including phenoxy) is 2. The van der Waals surface area contributed by atoms with Crippen molar-refractivity contribution in [2.75, 3.05) is 40.0 Å². The van der Waals surface area contributed by atoms with Gasteiger partial charge in [0.05, 0.1) is 13.2 Å². The third kappa shape index (κ3) is 3.42. The van der Waals surface area contributed by atoms with Gasteiger partial charge in [-0.2, -0.15) is 0 Å². The molecular weight excluding hydrogens is 218 g/mol. The van der Waals surface area contributed by atoms with Crippen molar-refractivity contribution in [3.8, 4) is 0 Å². The predicted molar refractivity (Wildman–Crippen MR) is 64.7 cm³/mol. The maximum absolute atomic E-state index is 11.9. The number of methoxy groups -OCH3 is 1. The van der Waals surface area contributed by atoms with Crippen molar-refractivity contribution in [2.24, 2.45) is 11.8 Å². The first-order chi connectivity index (χ1) is 8.31. The maximum atomic E-state index is 11.9. The molecule has 1 saturated heterocycles. The van der Waals surface area contributed by atoms with Gasteiger partial charge in [0, 0.05) is 20.2 Å². The fourth-order valence-electron chi connectivity index (χ4n) is 3.00. The SMILES string of the molecule is COCCOCC(=O)N1CC2CCCCC2C1. The fraction of sp³-hybridized carbons (Fsp3) is 0.923. The Kier molecular flexibility index (Phi) is 4.80. The number of rotatable bonds is 5. The molecule has 2 unspecified atom stereocenters. The molecule has 0 radical (unpaired) electrons. The maximum Gasteiger partial charge on any atom is 0.248 e. The average molecular weight is 241 g/mol. The Balaban J connectivity index is 1.70. The highest BCUT2D eigenvalue weighted by Crippen LogP contribution is 2.35. The zero-order chi connectivity index (χ0) is 12.1. The number of likely N-dealkylation sites (tertiary alicyclic amines) is 1. The molecule has 1 amide bonds. The molecule has 2 rings (SSSR count). The Labute approximate surface area is 103 Å². The van der Waals surface area contributed by atoms with Crippen molar-refractivity contribution >= 4 is 5.91 Å². The minimum Gasteiger partial charge on any atom is -0.382 e. The van der Waals surface area contributed by atoms with E-state index in [1.165, 1.54) is 25.7 Å². The van der Waals surface area contributed by atoms with Crippen molar-refractivity contribution < 1.29 is 14.3 Å². The Morgan fingerprint density at radius 1 is 1.18 bits per heavy atom. The van der Waals surface area contributed by atoms with E-state index in [2.05, 4.69) is 0 Å². The number of carbonyl (C=O) groups excluding carboxylic acids is 1. The molecule has 4 nitrogen and oxygen atoms in total. The minimum absolute atomic E-state index is 0.149. The monoisotopic (exact) mass is 241 g/mol. The molecule has 2 aliphatic rings. The highest BCUT2D eigenvalue weighted by molar-refractivity contribution is 5.77. The van der Waals surface area contributed by atoms with E-state index in [0.29, 0.717) is 13.2 Å². The zero-order valence-corrected chi connectivity index (χ0v) is 10.7. The summed E-state index contributed by atoms with van der Waals surface area (Å²) in [5, 5.41) is 0. The van der Waals surface area contributed by atoms with Crippen molar-refractivity contribution in [3.05, 3.63) is 0 Å². The molecule has 1 heterocycles. The average Bonchev–Trinajstić information content (AvgIpc) is 2.78. The van der Waals surface area contributed by atoms with Crippen LogP contribution in [0.3, 0.4) is 0 Å². The van der Waals surface area contributed by atoms with Gasteiger partial charge in [-0.25, -0.2) is 0 Å². The lowest BCUT2D eigenvalue weighted by molar-refractivity contribution is -0.135. The second-order valence-corrected chi connectivity index (χ2v) is 5.15. The summed E-state index contributed by atoms with van der Waals surface area (Å²) >= 11 is 0. The topological polar surface area (TPSA) is 38.8 Å². The number of amides is 1. The first-order valence-electron chi connectivity index (χ1n) is 6.65. The Bertz CT molecular complexity index is 243. The van der Waals surface area contributed by atoms with Crippen molar-refractivity contribution in [1.29, 1.82) is 0 Å². The van der Waals surface area contributed by atoms with Gasteiger partial charge < -0.3 is 14.4 Å². The molecule has 1 aliphatic carbocycles. The fourth-order valence-corrected chi connectivity index (χ4v) is 3.00. The van der Waals surface area contributed by atoms with Gasteiger partial charge in [-0.05, 0) is 24.7 Å². The molecule has 0 spiro atoms. The Hall–Kier alpha value is -0.610. The van der Waals surface area contributed by atoms with Crippen LogP contribution >= 0.6 is 0 Å². The largest absolute Gasteiger partial charge is 0.382 e. The zero-order valence-electron chi connectivity index (χ0n) is 10.7. The van der Waals surface area contributed by atoms with E-state index in [1.54, 1.807) is 7.11 Å². The predicted octanol–water partition coefficient (Wildman–Crippen LogP) is 1.30. The van der Waals surface area contributed by atoms with Crippen molar-refractivity contribution in [3.63, 3.8) is 0 Å². The van der Waals surface area contributed by atoms with Crippen LogP contribution in [0.5, 0.6) is 0 Å². The quantitative estimate of drug-likeness (QED) is 0.681. The number of carbonyl (C=O) groups is 1. The first kappa shape index (κ1) is 12.8. The van der Waals surface area contributed by atoms with Crippen molar-refractivity contribution in [1.82, 2.24) is 4.90 Å². The summed E-state index contributed by atoms with van der Waals surface area (Å²) in [5.41, 5.74) is 0. The van der Waals surface area contributed by atoms with Gasteiger partial charge in [-0.15, -0.1) is 0 Å². The van der Waals surface area contributed by atoms with Crippen LogP contribution in [-0.4, -0.2) is 50.8 Å². The first-order valence-corrected chi connectivity index (χ1v) is 6.65. The lowest BCUT2D eigenvalue weighted by Crippen LogP contribution is -2.32. The summed E-state index contributed by atoms with van der Waals surface area (Å²) in [6, 6.07) is 0. The van der Waals surface area contributed by atoms with E-state index in [-0.39, 0.29) is 12.5 Å². The van der Waals surface area contributed by atoms with Gasteiger partial charge in [-0.1, -0.05) is 12.8 Å². The van der Waals surface area contributed by atoms with Crippen LogP contribution in [0.1, 0.15) is 25.7 Å². The molecule has 4 heteroatoms. The molecule has 0 aromatic heterocycles. The van der Waals surface area contributed by atoms with Crippen molar-refractivity contribution in [2.45, 2.75) is 25.7 Å². The summed E-state index contributed by atoms with van der Waals surface area (Å²) in [7, 11) is 1.64. The number of hydrogen-bond acceptors (Lipinski definition) is 3. The molecule has 1 aliphatic heterocycles. The molecular formula is C13H23NO3. The standard InChI is InChI=1S/C13H23NO3/c1-16-6-7-17-10-13(15)14-8-11-4-2-3-5-12(11)9-14/h11-12H,2-10H2,1H3. The van der Waals surface area contributed by atoms with E-state index < -0.39 is 0 Å². The van der Waals surface area contributed by atoms with Gasteiger partial charge in [0.15, 0.2) is 0 Å². The summed E-state index contributed by atoms with van der Waals surface area (Å²) in [6.07, 6.45) is 5.29. The Morgan fingerprint density at radius 3 is 2.41 bits per heavy atom. The summed E-state index contributed by atoms with van der Waals surface area (Å²) in [4.78, 5) is 13.9. The minimum atomic E-state index is 0.149.